The van der Waals surface area contributed by atoms with Crippen LogP contribution in [-0.2, 0) is 23.6 Å². The monoisotopic (exact) mass is 369 g/mol. The quantitative estimate of drug-likeness (QED) is 0.510. The molecule has 0 saturated heterocycles. The van der Waals surface area contributed by atoms with Gasteiger partial charge in [-0.2, -0.15) is 0 Å². The fraction of sp³-hybridized carbons (Fsp3) is 0.211. The van der Waals surface area contributed by atoms with E-state index in [4.69, 9.17) is 4.74 Å². The van der Waals surface area contributed by atoms with Gasteiger partial charge in [-0.15, -0.1) is 0 Å². The molecule has 6 nitrogen and oxygen atoms in total. The minimum atomic E-state index is -0.349. The van der Waals surface area contributed by atoms with Crippen LogP contribution in [0, 0.1) is 0 Å². The van der Waals surface area contributed by atoms with E-state index in [0.717, 1.165) is 22.0 Å². The zero-order valence-corrected chi connectivity index (χ0v) is 15.1. The van der Waals surface area contributed by atoms with Gasteiger partial charge in [0.15, 0.2) is 5.16 Å². The Bertz CT molecular complexity index is 881. The Hall–Kier alpha value is -2.64. The van der Waals surface area contributed by atoms with Gasteiger partial charge in [0.25, 0.3) is 0 Å². The van der Waals surface area contributed by atoms with E-state index >= 15 is 0 Å². The summed E-state index contributed by atoms with van der Waals surface area (Å²) in [5, 5.41) is 10.4. The first kappa shape index (κ1) is 18.2. The standard InChI is InChI=1S/C19H19N3O3S/c1-25-18(24)16-4-2-3-15(9-16)13-26-19-21-10-17(12-23)22(19)11-14-5-7-20-8-6-14/h2-10,23H,11-13H2,1H3. The molecule has 0 atom stereocenters. The first-order valence-corrected chi connectivity index (χ1v) is 9.04. The lowest BCUT2D eigenvalue weighted by atomic mass is 10.1. The fourth-order valence-electron chi connectivity index (χ4n) is 2.53. The summed E-state index contributed by atoms with van der Waals surface area (Å²) in [7, 11) is 1.37. The Morgan fingerprint density at radius 2 is 2.04 bits per heavy atom. The van der Waals surface area contributed by atoms with Crippen LogP contribution in [0.5, 0.6) is 0 Å². The van der Waals surface area contributed by atoms with Gasteiger partial charge in [0.2, 0.25) is 0 Å². The number of hydrogen-bond donors (Lipinski definition) is 1. The topological polar surface area (TPSA) is 77.2 Å². The van der Waals surface area contributed by atoms with Gasteiger partial charge in [-0.1, -0.05) is 23.9 Å². The average molecular weight is 369 g/mol. The molecule has 2 heterocycles. The predicted octanol–water partition coefficient (Wildman–Crippen LogP) is 2.90. The van der Waals surface area contributed by atoms with Crippen LogP contribution in [0.2, 0.25) is 0 Å². The van der Waals surface area contributed by atoms with Crippen LogP contribution < -0.4 is 0 Å². The van der Waals surface area contributed by atoms with Crippen molar-refractivity contribution in [3.63, 3.8) is 0 Å². The number of pyridine rings is 1. The number of aliphatic hydroxyl groups is 1. The van der Waals surface area contributed by atoms with Crippen molar-refractivity contribution in [2.24, 2.45) is 0 Å². The largest absolute Gasteiger partial charge is 0.465 e. The highest BCUT2D eigenvalue weighted by atomic mass is 32.2. The second-order valence-corrected chi connectivity index (χ2v) is 6.55. The molecule has 3 aromatic rings. The molecule has 1 N–H and O–H groups in total. The summed E-state index contributed by atoms with van der Waals surface area (Å²) >= 11 is 1.56. The normalized spacial score (nSPS) is 10.7. The number of rotatable bonds is 7. The molecule has 0 spiro atoms. The smallest absolute Gasteiger partial charge is 0.337 e. The zero-order valence-electron chi connectivity index (χ0n) is 14.3. The maximum atomic E-state index is 11.7. The molecular formula is C19H19N3O3S. The highest BCUT2D eigenvalue weighted by Gasteiger charge is 2.12. The lowest BCUT2D eigenvalue weighted by Gasteiger charge is -2.11. The maximum Gasteiger partial charge on any atom is 0.337 e. The molecule has 2 aromatic heterocycles. The molecular weight excluding hydrogens is 350 g/mol. The third kappa shape index (κ3) is 4.30. The van der Waals surface area contributed by atoms with Gasteiger partial charge >= 0.3 is 5.97 Å². The van der Waals surface area contributed by atoms with Gasteiger partial charge in [-0.05, 0) is 35.4 Å². The van der Waals surface area contributed by atoms with Crippen molar-refractivity contribution >= 4 is 17.7 Å². The molecule has 0 radical (unpaired) electrons. The van der Waals surface area contributed by atoms with Crippen molar-refractivity contribution in [2.45, 2.75) is 24.1 Å². The lowest BCUT2D eigenvalue weighted by molar-refractivity contribution is 0.0600. The molecule has 0 aliphatic heterocycles. The van der Waals surface area contributed by atoms with E-state index in [1.54, 1.807) is 36.4 Å². The highest BCUT2D eigenvalue weighted by molar-refractivity contribution is 7.98. The number of hydrogen-bond acceptors (Lipinski definition) is 6. The van der Waals surface area contributed by atoms with E-state index in [2.05, 4.69) is 9.97 Å². The average Bonchev–Trinajstić information content (AvgIpc) is 3.08. The Kier molecular flexibility index (Phi) is 6.04. The van der Waals surface area contributed by atoms with Gasteiger partial charge in [-0.25, -0.2) is 9.78 Å². The van der Waals surface area contributed by atoms with Crippen LogP contribution >= 0.6 is 11.8 Å². The van der Waals surface area contributed by atoms with Crippen LogP contribution in [0.4, 0.5) is 0 Å². The van der Waals surface area contributed by atoms with Gasteiger partial charge in [0, 0.05) is 18.1 Å². The lowest BCUT2D eigenvalue weighted by Crippen LogP contribution is -2.06. The molecule has 0 amide bonds. The number of aromatic nitrogens is 3. The summed E-state index contributed by atoms with van der Waals surface area (Å²) in [6, 6.07) is 11.2. The van der Waals surface area contributed by atoms with E-state index in [-0.39, 0.29) is 12.6 Å². The number of aliphatic hydroxyl groups excluding tert-OH is 1. The third-order valence-electron chi connectivity index (χ3n) is 3.87. The summed E-state index contributed by atoms with van der Waals surface area (Å²) in [5.74, 6) is 0.307. The summed E-state index contributed by atoms with van der Waals surface area (Å²) in [6.45, 7) is 0.541. The van der Waals surface area contributed by atoms with Crippen molar-refractivity contribution in [3.8, 4) is 0 Å². The van der Waals surface area contributed by atoms with Gasteiger partial charge in [0.05, 0.1) is 37.7 Å². The Morgan fingerprint density at radius 1 is 1.23 bits per heavy atom. The van der Waals surface area contributed by atoms with Crippen LogP contribution in [0.3, 0.4) is 0 Å². The number of methoxy groups -OCH3 is 1. The number of thioether (sulfide) groups is 1. The molecule has 7 heteroatoms. The molecule has 0 aliphatic rings. The van der Waals surface area contributed by atoms with Crippen molar-refractivity contribution in [3.05, 3.63) is 77.4 Å². The van der Waals surface area contributed by atoms with Gasteiger partial charge < -0.3 is 14.4 Å². The molecule has 3 rings (SSSR count). The van der Waals surface area contributed by atoms with E-state index in [0.29, 0.717) is 17.9 Å². The zero-order chi connectivity index (χ0) is 18.4. The predicted molar refractivity (Wildman–Crippen MR) is 98.8 cm³/mol. The van der Waals surface area contributed by atoms with Crippen molar-refractivity contribution in [2.75, 3.05) is 7.11 Å². The fourth-order valence-corrected chi connectivity index (χ4v) is 3.47. The minimum Gasteiger partial charge on any atom is -0.465 e. The van der Waals surface area contributed by atoms with Crippen LogP contribution in [0.25, 0.3) is 0 Å². The van der Waals surface area contributed by atoms with E-state index in [9.17, 15) is 9.90 Å². The van der Waals surface area contributed by atoms with Gasteiger partial charge in [0.1, 0.15) is 0 Å². The molecule has 0 aliphatic carbocycles. The van der Waals surface area contributed by atoms with Crippen molar-refractivity contribution in [1.82, 2.24) is 14.5 Å². The van der Waals surface area contributed by atoms with E-state index in [1.807, 2.05) is 34.9 Å². The summed E-state index contributed by atoms with van der Waals surface area (Å²) < 4.78 is 6.75. The number of carbonyl (C=O) groups is 1. The number of nitrogens with zero attached hydrogens (tertiary/aromatic N) is 3. The number of ether oxygens (including phenoxy) is 1. The van der Waals surface area contributed by atoms with Crippen molar-refractivity contribution in [1.29, 1.82) is 0 Å². The van der Waals surface area contributed by atoms with E-state index in [1.165, 1.54) is 7.11 Å². The van der Waals surface area contributed by atoms with Crippen LogP contribution in [-0.4, -0.2) is 32.7 Å². The van der Waals surface area contributed by atoms with E-state index < -0.39 is 0 Å². The molecule has 0 saturated carbocycles. The first-order valence-electron chi connectivity index (χ1n) is 8.05. The highest BCUT2D eigenvalue weighted by Crippen LogP contribution is 2.24. The molecule has 134 valence electrons. The summed E-state index contributed by atoms with van der Waals surface area (Å²) in [4.78, 5) is 20.1. The Labute approximate surface area is 155 Å². The van der Waals surface area contributed by atoms with Crippen molar-refractivity contribution < 1.29 is 14.6 Å². The van der Waals surface area contributed by atoms with Crippen LogP contribution in [0.1, 0.15) is 27.2 Å². The number of carbonyl (C=O) groups excluding carboxylic acids is 1. The maximum absolute atomic E-state index is 11.7. The number of imidazole rings is 1. The second kappa shape index (κ2) is 8.64. The number of benzene rings is 1. The molecule has 1 aromatic carbocycles. The van der Waals surface area contributed by atoms with Gasteiger partial charge in [-0.3, -0.25) is 4.98 Å². The Balaban J connectivity index is 1.76. The SMILES string of the molecule is COC(=O)c1cccc(CSc2ncc(CO)n2Cc2ccncc2)c1. The summed E-state index contributed by atoms with van der Waals surface area (Å²) in [5.41, 5.74) is 3.37. The molecule has 0 fully saturated rings. The third-order valence-corrected chi connectivity index (χ3v) is 4.93. The Morgan fingerprint density at radius 3 is 2.77 bits per heavy atom. The molecule has 0 unspecified atom stereocenters. The minimum absolute atomic E-state index is 0.0729. The number of esters is 1. The second-order valence-electron chi connectivity index (χ2n) is 5.61. The molecule has 26 heavy (non-hydrogen) atoms. The van der Waals surface area contributed by atoms with Crippen LogP contribution in [0.15, 0.2) is 60.1 Å². The summed E-state index contributed by atoms with van der Waals surface area (Å²) in [6.07, 6.45) is 5.18. The first-order chi connectivity index (χ1) is 12.7. The molecule has 0 bridgehead atoms.